The van der Waals surface area contributed by atoms with Crippen molar-refractivity contribution in [3.63, 3.8) is 0 Å². The van der Waals surface area contributed by atoms with Gasteiger partial charge in [0.2, 0.25) is 23.3 Å². The molecule has 252 valence electrons. The number of nitrogens with one attached hydrogen (secondary N) is 3. The largest absolute Gasteiger partial charge is 0.478 e. The Morgan fingerprint density at radius 3 is 1.82 bits per heavy atom. The maximum absolute atomic E-state index is 12.7. The zero-order valence-electron chi connectivity index (χ0n) is 23.8. The van der Waals surface area contributed by atoms with E-state index in [4.69, 9.17) is 25.7 Å². The van der Waals surface area contributed by atoms with Gasteiger partial charge in [-0.25, -0.2) is 19.4 Å². The van der Waals surface area contributed by atoms with E-state index < -0.39 is 121 Å². The van der Waals surface area contributed by atoms with Crippen molar-refractivity contribution >= 4 is 35.8 Å². The summed E-state index contributed by atoms with van der Waals surface area (Å²) >= 11 is 0. The Balaban J connectivity index is 2.25. The summed E-state index contributed by atoms with van der Waals surface area (Å²) in [4.78, 5) is 63.4. The molecule has 14 N–H and O–H groups in total. The molecule has 45 heavy (non-hydrogen) atoms. The quantitative estimate of drug-likeness (QED) is 0.0652. The second-order valence-corrected chi connectivity index (χ2v) is 9.90. The Morgan fingerprint density at radius 2 is 1.33 bits per heavy atom. The van der Waals surface area contributed by atoms with Gasteiger partial charge in [0.05, 0.1) is 30.8 Å². The summed E-state index contributed by atoms with van der Waals surface area (Å²) in [6, 6.07) is -5.48. The zero-order chi connectivity index (χ0) is 34.2. The third-order valence-corrected chi connectivity index (χ3v) is 6.42. The summed E-state index contributed by atoms with van der Waals surface area (Å²) < 4.78 is 15.4. The first-order valence-electron chi connectivity index (χ1n) is 13.1. The van der Waals surface area contributed by atoms with Gasteiger partial charge in [0, 0.05) is 13.8 Å². The Morgan fingerprint density at radius 1 is 0.844 bits per heavy atom. The number of aliphatic imine (C=N–C) groups is 1. The average Bonchev–Trinajstić information content (AvgIpc) is 2.95. The van der Waals surface area contributed by atoms with E-state index in [1.807, 2.05) is 0 Å². The molecule has 0 aliphatic carbocycles. The number of amides is 3. The molecule has 2 rings (SSSR count). The average molecular weight is 649 g/mol. The molecule has 21 heteroatoms. The van der Waals surface area contributed by atoms with Crippen LogP contribution in [0.2, 0.25) is 0 Å². The lowest BCUT2D eigenvalue weighted by atomic mass is 9.92. The highest BCUT2D eigenvalue weighted by atomic mass is 16.6. The Hall–Kier alpha value is -4.70. The lowest BCUT2D eigenvalue weighted by Gasteiger charge is -2.40. The number of carbonyl (C=O) groups excluding carboxylic acids is 3. The van der Waals surface area contributed by atoms with Crippen molar-refractivity contribution < 1.29 is 73.9 Å². The van der Waals surface area contributed by atoms with E-state index in [0.717, 1.165) is 26.0 Å². The number of hydrogen-bond donors (Lipinski definition) is 12. The molecule has 2 aliphatic rings. The van der Waals surface area contributed by atoms with Gasteiger partial charge in [-0.15, -0.1) is 0 Å². The predicted molar refractivity (Wildman–Crippen MR) is 145 cm³/mol. The predicted octanol–water partition coefficient (Wildman–Crippen LogP) is -6.10. The van der Waals surface area contributed by atoms with Gasteiger partial charge in [0.25, 0.3) is 0 Å². The lowest BCUT2D eigenvalue weighted by molar-refractivity contribution is -0.147. The van der Waals surface area contributed by atoms with Crippen molar-refractivity contribution in [2.24, 2.45) is 16.5 Å². The first-order chi connectivity index (χ1) is 21.0. The Labute approximate surface area is 254 Å². The standard InChI is InChI=1S/C24H36N6O15/c1-7(32)27-15-9(29-23(25)26)3-13(21(38)39)45-20(15)18(37)12(35)6-43-24(42)30-10-4-14(22(40)41)44-19(16(10)28-8(2)33)17(36)11(34)5-31/h3-4,9-12,15-20,31,34-37H,5-6H2,1-2H3,(H,27,32)(H,28,33)(H,30,42)(H,38,39)(H,40,41)(H4,25,26,29)/t9-,10-,11+,12+,15+,16+,17+,18+,19+,20?/m0/s1. The second kappa shape index (κ2) is 15.9. The lowest BCUT2D eigenvalue weighted by Crippen LogP contribution is -2.63. The number of carbonyl (C=O) groups is 5. The molecule has 0 aromatic carbocycles. The molecule has 1 unspecified atom stereocenters. The number of aliphatic carboxylic acids is 2. The summed E-state index contributed by atoms with van der Waals surface area (Å²) in [7, 11) is 0. The van der Waals surface area contributed by atoms with Crippen LogP contribution in [0.3, 0.4) is 0 Å². The van der Waals surface area contributed by atoms with Gasteiger partial charge in [-0.05, 0) is 12.2 Å². The summed E-state index contributed by atoms with van der Waals surface area (Å²) in [5.41, 5.74) is 10.8. The zero-order valence-corrected chi connectivity index (χ0v) is 23.8. The number of nitrogens with two attached hydrogens (primary N) is 2. The fraction of sp³-hybridized carbons (Fsp3) is 0.583. The van der Waals surface area contributed by atoms with Gasteiger partial charge in [0.15, 0.2) is 5.96 Å². The normalized spacial score (nSPS) is 26.9. The van der Waals surface area contributed by atoms with Crippen LogP contribution in [0.4, 0.5) is 4.79 Å². The highest BCUT2D eigenvalue weighted by Crippen LogP contribution is 2.26. The molecular formula is C24H36N6O15. The molecule has 0 aromatic rings. The summed E-state index contributed by atoms with van der Waals surface area (Å²) in [5, 5.41) is 76.7. The first-order valence-corrected chi connectivity index (χ1v) is 13.1. The number of ether oxygens (including phenoxy) is 3. The van der Waals surface area contributed by atoms with E-state index in [0.29, 0.717) is 0 Å². The molecule has 0 spiro atoms. The van der Waals surface area contributed by atoms with Crippen molar-refractivity contribution in [1.29, 1.82) is 0 Å². The highest BCUT2D eigenvalue weighted by molar-refractivity contribution is 5.86. The molecule has 3 amide bonds. The third kappa shape index (κ3) is 9.90. The molecule has 0 fully saturated rings. The van der Waals surface area contributed by atoms with Crippen molar-refractivity contribution in [2.75, 3.05) is 13.2 Å². The molecule has 0 saturated carbocycles. The van der Waals surface area contributed by atoms with Crippen LogP contribution in [0.25, 0.3) is 0 Å². The van der Waals surface area contributed by atoms with Crippen LogP contribution in [-0.2, 0) is 33.4 Å². The molecule has 0 bridgehead atoms. The molecule has 10 atom stereocenters. The van der Waals surface area contributed by atoms with Gasteiger partial charge < -0.3 is 77.4 Å². The molecule has 2 heterocycles. The number of carboxylic acids is 2. The number of alkyl carbamates (subject to hydrolysis) is 1. The van der Waals surface area contributed by atoms with E-state index in [9.17, 15) is 59.7 Å². The van der Waals surface area contributed by atoms with E-state index >= 15 is 0 Å². The topological polar surface area (TPSA) is 355 Å². The minimum absolute atomic E-state index is 0.501. The number of hydrogen-bond acceptors (Lipinski definition) is 14. The van der Waals surface area contributed by atoms with E-state index in [2.05, 4.69) is 20.9 Å². The van der Waals surface area contributed by atoms with Crippen LogP contribution in [0.1, 0.15) is 13.8 Å². The van der Waals surface area contributed by atoms with E-state index in [-0.39, 0.29) is 0 Å². The van der Waals surface area contributed by atoms with Gasteiger partial charge in [-0.1, -0.05) is 0 Å². The Kier molecular flexibility index (Phi) is 12.9. The Bertz CT molecular complexity index is 1220. The third-order valence-electron chi connectivity index (χ3n) is 6.42. The minimum atomic E-state index is -2.04. The maximum Gasteiger partial charge on any atom is 0.407 e. The molecule has 0 aromatic heterocycles. The van der Waals surface area contributed by atoms with Crippen LogP contribution < -0.4 is 27.4 Å². The first kappa shape index (κ1) is 36.5. The van der Waals surface area contributed by atoms with Crippen LogP contribution in [-0.4, -0.2) is 146 Å². The van der Waals surface area contributed by atoms with Crippen LogP contribution in [0.15, 0.2) is 28.7 Å². The summed E-state index contributed by atoms with van der Waals surface area (Å²) in [6.07, 6.45) is -10.8. The summed E-state index contributed by atoms with van der Waals surface area (Å²) in [6.45, 7) is 0.195. The number of guanidine groups is 1. The van der Waals surface area contributed by atoms with Gasteiger partial charge >= 0.3 is 18.0 Å². The summed E-state index contributed by atoms with van der Waals surface area (Å²) in [5.74, 6) is -6.66. The van der Waals surface area contributed by atoms with Gasteiger partial charge in [-0.2, -0.15) is 0 Å². The van der Waals surface area contributed by atoms with Crippen molar-refractivity contribution in [3.8, 4) is 0 Å². The molecule has 2 aliphatic heterocycles. The minimum Gasteiger partial charge on any atom is -0.478 e. The molecule has 21 nitrogen and oxygen atoms in total. The van der Waals surface area contributed by atoms with Crippen LogP contribution in [0.5, 0.6) is 0 Å². The number of nitrogens with zero attached hydrogens (tertiary/aromatic N) is 1. The maximum atomic E-state index is 12.7. The SMILES string of the molecule is CC(=O)N[C@H]1[C@H]([C@H](O)[C@H](O)CO)OC(C(=O)O)=C[C@@H]1NC(=O)OC[C@@H](O)[C@@H](O)C1OC(C(=O)O)=C[C@H](N=C(N)N)[C@H]1NC(C)=O. The number of carboxylic acid groups (broad SMARTS) is 2. The van der Waals surface area contributed by atoms with Crippen LogP contribution >= 0.6 is 0 Å². The fourth-order valence-electron chi connectivity index (χ4n) is 4.46. The van der Waals surface area contributed by atoms with Gasteiger partial charge in [0.1, 0.15) is 43.2 Å². The number of aliphatic hydroxyl groups excluding tert-OH is 5. The monoisotopic (exact) mass is 648 g/mol. The molecule has 0 radical (unpaired) electrons. The fourth-order valence-corrected chi connectivity index (χ4v) is 4.46. The van der Waals surface area contributed by atoms with Crippen LogP contribution in [0, 0.1) is 0 Å². The second-order valence-electron chi connectivity index (χ2n) is 9.90. The highest BCUT2D eigenvalue weighted by Gasteiger charge is 2.46. The number of rotatable bonds is 13. The van der Waals surface area contributed by atoms with E-state index in [1.54, 1.807) is 0 Å². The van der Waals surface area contributed by atoms with E-state index in [1.165, 1.54) is 0 Å². The molecule has 0 saturated heterocycles. The van der Waals surface area contributed by atoms with Crippen molar-refractivity contribution in [3.05, 3.63) is 23.7 Å². The number of aliphatic hydroxyl groups is 5. The van der Waals surface area contributed by atoms with Gasteiger partial charge in [-0.3, -0.25) is 9.59 Å². The van der Waals surface area contributed by atoms with Crippen molar-refractivity contribution in [2.45, 2.75) is 74.6 Å². The smallest absolute Gasteiger partial charge is 0.407 e. The molecular weight excluding hydrogens is 612 g/mol. The van der Waals surface area contributed by atoms with Crippen molar-refractivity contribution in [1.82, 2.24) is 16.0 Å².